The number of hydrogen-bond donors (Lipinski definition) is 1. The van der Waals surface area contributed by atoms with Gasteiger partial charge >= 0.3 is 0 Å². The molecule has 3 rings (SSSR count). The fourth-order valence-corrected chi connectivity index (χ4v) is 1.84. The van der Waals surface area contributed by atoms with Crippen LogP contribution in [0.15, 0.2) is 22.8 Å². The number of rotatable bonds is 1. The number of aliphatic hydroxyl groups is 1. The van der Waals surface area contributed by atoms with Gasteiger partial charge in [-0.15, -0.1) is 5.10 Å². The Morgan fingerprint density at radius 2 is 2.47 bits per heavy atom. The predicted octanol–water partition coefficient (Wildman–Crippen LogP) is 1.37. The summed E-state index contributed by atoms with van der Waals surface area (Å²) < 4.78 is 6.80. The van der Waals surface area contributed by atoms with Crippen LogP contribution in [0.4, 0.5) is 0 Å². The van der Waals surface area contributed by atoms with Crippen LogP contribution in [0.2, 0.25) is 0 Å². The van der Waals surface area contributed by atoms with Gasteiger partial charge in [0.25, 0.3) is 0 Å². The van der Waals surface area contributed by atoms with Gasteiger partial charge in [0.1, 0.15) is 12.1 Å². The lowest BCUT2D eigenvalue weighted by molar-refractivity contribution is 0.0647. The number of hydrogen-bond acceptors (Lipinski definition) is 4. The molecule has 0 radical (unpaired) electrons. The number of aromatic nitrogens is 3. The standard InChI is InChI=1S/C10H11N3O2/c14-9-5-1-4-8-11-10(12-13(8)9)7-3-2-6-15-7/h2-3,6,9,14H,1,4-5H2. The molecule has 1 atom stereocenters. The van der Waals surface area contributed by atoms with Gasteiger partial charge in [0.05, 0.1) is 6.26 Å². The Morgan fingerprint density at radius 3 is 3.20 bits per heavy atom. The number of furan rings is 1. The second-order valence-electron chi connectivity index (χ2n) is 3.65. The van der Waals surface area contributed by atoms with E-state index in [1.54, 1.807) is 17.0 Å². The van der Waals surface area contributed by atoms with E-state index in [0.29, 0.717) is 11.6 Å². The van der Waals surface area contributed by atoms with Crippen molar-refractivity contribution in [3.05, 3.63) is 24.2 Å². The van der Waals surface area contributed by atoms with Crippen molar-refractivity contribution in [2.45, 2.75) is 25.5 Å². The van der Waals surface area contributed by atoms with Crippen molar-refractivity contribution in [1.82, 2.24) is 14.8 Å². The van der Waals surface area contributed by atoms with E-state index in [4.69, 9.17) is 4.42 Å². The molecule has 0 bridgehead atoms. The zero-order valence-corrected chi connectivity index (χ0v) is 8.13. The minimum Gasteiger partial charge on any atom is -0.461 e. The first-order valence-electron chi connectivity index (χ1n) is 5.02. The third kappa shape index (κ3) is 1.35. The highest BCUT2D eigenvalue weighted by Gasteiger charge is 2.22. The largest absolute Gasteiger partial charge is 0.461 e. The molecule has 0 saturated heterocycles. The Balaban J connectivity index is 2.06. The van der Waals surface area contributed by atoms with E-state index in [1.165, 1.54) is 0 Å². The van der Waals surface area contributed by atoms with Gasteiger partial charge in [-0.05, 0) is 25.0 Å². The summed E-state index contributed by atoms with van der Waals surface area (Å²) in [6, 6.07) is 3.61. The molecule has 2 aromatic rings. The molecule has 1 unspecified atom stereocenters. The van der Waals surface area contributed by atoms with Crippen LogP contribution in [0.5, 0.6) is 0 Å². The Morgan fingerprint density at radius 1 is 1.53 bits per heavy atom. The van der Waals surface area contributed by atoms with Crippen LogP contribution in [0.3, 0.4) is 0 Å². The summed E-state index contributed by atoms with van der Waals surface area (Å²) in [4.78, 5) is 4.34. The number of aryl methyl sites for hydroxylation is 1. The van der Waals surface area contributed by atoms with Crippen LogP contribution in [-0.4, -0.2) is 19.9 Å². The molecule has 15 heavy (non-hydrogen) atoms. The molecule has 0 amide bonds. The van der Waals surface area contributed by atoms with Gasteiger partial charge in [0.15, 0.2) is 5.76 Å². The maximum atomic E-state index is 9.70. The summed E-state index contributed by atoms with van der Waals surface area (Å²) in [6.45, 7) is 0. The molecule has 1 aliphatic rings. The van der Waals surface area contributed by atoms with Gasteiger partial charge in [0.2, 0.25) is 5.82 Å². The molecule has 5 nitrogen and oxygen atoms in total. The monoisotopic (exact) mass is 205 g/mol. The van der Waals surface area contributed by atoms with Crippen molar-refractivity contribution in [1.29, 1.82) is 0 Å². The second kappa shape index (κ2) is 3.20. The van der Waals surface area contributed by atoms with E-state index >= 15 is 0 Å². The summed E-state index contributed by atoms with van der Waals surface area (Å²) in [5, 5.41) is 13.9. The average Bonchev–Trinajstić information content (AvgIpc) is 2.86. The Kier molecular flexibility index (Phi) is 1.85. The summed E-state index contributed by atoms with van der Waals surface area (Å²) in [5.41, 5.74) is 0. The number of nitrogens with zero attached hydrogens (tertiary/aromatic N) is 3. The molecule has 0 aromatic carbocycles. The molecule has 1 aliphatic heterocycles. The fraction of sp³-hybridized carbons (Fsp3) is 0.400. The van der Waals surface area contributed by atoms with Crippen LogP contribution in [0.25, 0.3) is 11.6 Å². The van der Waals surface area contributed by atoms with E-state index in [1.807, 2.05) is 6.07 Å². The van der Waals surface area contributed by atoms with Gasteiger partial charge in [0, 0.05) is 6.42 Å². The van der Waals surface area contributed by atoms with Crippen molar-refractivity contribution in [3.63, 3.8) is 0 Å². The normalized spacial score (nSPS) is 20.2. The molecule has 0 spiro atoms. The first kappa shape index (κ1) is 8.67. The molecule has 78 valence electrons. The molecule has 3 heterocycles. The first-order chi connectivity index (χ1) is 7.34. The average molecular weight is 205 g/mol. The van der Waals surface area contributed by atoms with Gasteiger partial charge in [-0.3, -0.25) is 0 Å². The van der Waals surface area contributed by atoms with Gasteiger partial charge in [-0.1, -0.05) is 0 Å². The molecule has 0 saturated carbocycles. The minimum absolute atomic E-state index is 0.537. The van der Waals surface area contributed by atoms with E-state index in [0.717, 1.165) is 25.1 Å². The third-order valence-corrected chi connectivity index (χ3v) is 2.59. The summed E-state index contributed by atoms with van der Waals surface area (Å²) in [5.74, 6) is 2.03. The molecular weight excluding hydrogens is 194 g/mol. The molecule has 1 N–H and O–H groups in total. The van der Waals surface area contributed by atoms with Gasteiger partial charge in [-0.2, -0.15) is 0 Å². The predicted molar refractivity (Wildman–Crippen MR) is 51.9 cm³/mol. The first-order valence-corrected chi connectivity index (χ1v) is 5.02. The smallest absolute Gasteiger partial charge is 0.217 e. The van der Waals surface area contributed by atoms with E-state index in [-0.39, 0.29) is 0 Å². The van der Waals surface area contributed by atoms with Crippen LogP contribution in [0, 0.1) is 0 Å². The summed E-state index contributed by atoms with van der Waals surface area (Å²) >= 11 is 0. The van der Waals surface area contributed by atoms with Crippen LogP contribution < -0.4 is 0 Å². The highest BCUT2D eigenvalue weighted by molar-refractivity contribution is 5.45. The fourth-order valence-electron chi connectivity index (χ4n) is 1.84. The number of aliphatic hydroxyl groups excluding tert-OH is 1. The van der Waals surface area contributed by atoms with Crippen molar-refractivity contribution >= 4 is 0 Å². The lowest BCUT2D eigenvalue weighted by Crippen LogP contribution is -2.18. The SMILES string of the molecule is OC1CCCc2nc(-c3ccco3)nn21. The lowest BCUT2D eigenvalue weighted by atomic mass is 10.1. The Hall–Kier alpha value is -1.62. The third-order valence-electron chi connectivity index (χ3n) is 2.59. The van der Waals surface area contributed by atoms with E-state index in [9.17, 15) is 5.11 Å². The zero-order chi connectivity index (χ0) is 10.3. The number of fused-ring (bicyclic) bond motifs is 1. The maximum Gasteiger partial charge on any atom is 0.217 e. The topological polar surface area (TPSA) is 64.1 Å². The molecule has 0 aliphatic carbocycles. The van der Waals surface area contributed by atoms with Crippen LogP contribution >= 0.6 is 0 Å². The van der Waals surface area contributed by atoms with Gasteiger partial charge in [-0.25, -0.2) is 9.67 Å². The lowest BCUT2D eigenvalue weighted by Gasteiger charge is -2.17. The second-order valence-corrected chi connectivity index (χ2v) is 3.65. The van der Waals surface area contributed by atoms with Crippen molar-refractivity contribution in [3.8, 4) is 11.6 Å². The quantitative estimate of drug-likeness (QED) is 0.763. The summed E-state index contributed by atoms with van der Waals surface area (Å²) in [6.07, 6.45) is 3.62. The molecule has 2 aromatic heterocycles. The minimum atomic E-state index is -0.537. The van der Waals surface area contributed by atoms with Crippen LogP contribution in [-0.2, 0) is 6.42 Å². The Bertz CT molecular complexity index is 461. The zero-order valence-electron chi connectivity index (χ0n) is 8.13. The van der Waals surface area contributed by atoms with Crippen LogP contribution in [0.1, 0.15) is 24.9 Å². The van der Waals surface area contributed by atoms with E-state index < -0.39 is 6.23 Å². The molecule has 5 heteroatoms. The highest BCUT2D eigenvalue weighted by Crippen LogP contribution is 2.24. The maximum absolute atomic E-state index is 9.70. The van der Waals surface area contributed by atoms with Crippen molar-refractivity contribution < 1.29 is 9.52 Å². The van der Waals surface area contributed by atoms with Crippen molar-refractivity contribution in [2.75, 3.05) is 0 Å². The molecule has 0 fully saturated rings. The highest BCUT2D eigenvalue weighted by atomic mass is 16.3. The van der Waals surface area contributed by atoms with Gasteiger partial charge < -0.3 is 9.52 Å². The van der Waals surface area contributed by atoms with E-state index in [2.05, 4.69) is 10.1 Å². The Labute approximate surface area is 86.4 Å². The summed E-state index contributed by atoms with van der Waals surface area (Å²) in [7, 11) is 0. The molecular formula is C10H11N3O2. The van der Waals surface area contributed by atoms with Crippen molar-refractivity contribution in [2.24, 2.45) is 0 Å².